The second kappa shape index (κ2) is 6.26. The van der Waals surface area contributed by atoms with Gasteiger partial charge in [-0.1, -0.05) is 37.6 Å². The number of nitrogens with zero attached hydrogens (tertiary/aromatic N) is 4. The molecule has 2 N–H and O–H groups in total. The summed E-state index contributed by atoms with van der Waals surface area (Å²) in [6, 6.07) is 8.62. The minimum absolute atomic E-state index is 0.363. The van der Waals surface area contributed by atoms with E-state index >= 15 is 0 Å². The van der Waals surface area contributed by atoms with Crippen LogP contribution < -0.4 is 5.73 Å². The first-order valence-electron chi connectivity index (χ1n) is 6.36. The van der Waals surface area contributed by atoms with E-state index in [1.807, 2.05) is 0 Å². The largest absolute Gasteiger partial charge is 0.324 e. The number of tetrazole rings is 1. The van der Waals surface area contributed by atoms with Crippen molar-refractivity contribution >= 4 is 0 Å². The van der Waals surface area contributed by atoms with Crippen molar-refractivity contribution in [2.45, 2.75) is 39.3 Å². The second-order valence-corrected chi connectivity index (χ2v) is 4.38. The Labute approximate surface area is 107 Å². The van der Waals surface area contributed by atoms with E-state index in [1.165, 1.54) is 24.0 Å². The first-order chi connectivity index (χ1) is 8.83. The van der Waals surface area contributed by atoms with Gasteiger partial charge in [0.05, 0.1) is 13.1 Å². The minimum Gasteiger partial charge on any atom is -0.324 e. The number of nitrogens with two attached hydrogens (primary N) is 1. The van der Waals surface area contributed by atoms with E-state index in [4.69, 9.17) is 5.73 Å². The molecule has 0 saturated carbocycles. The van der Waals surface area contributed by atoms with Gasteiger partial charge in [0.25, 0.3) is 0 Å². The third-order valence-corrected chi connectivity index (χ3v) is 2.96. The second-order valence-electron chi connectivity index (χ2n) is 4.38. The maximum Gasteiger partial charge on any atom is 0.165 e. The number of hydrogen-bond donors (Lipinski definition) is 1. The number of rotatable bonds is 6. The zero-order valence-electron chi connectivity index (χ0n) is 10.7. The Balaban J connectivity index is 2.02. The molecule has 0 unspecified atom stereocenters. The van der Waals surface area contributed by atoms with Crippen molar-refractivity contribution in [2.24, 2.45) is 5.73 Å². The molecule has 18 heavy (non-hydrogen) atoms. The molecular weight excluding hydrogens is 226 g/mol. The highest BCUT2D eigenvalue weighted by atomic mass is 15.5. The summed E-state index contributed by atoms with van der Waals surface area (Å²) < 4.78 is 1.74. The molecule has 0 radical (unpaired) electrons. The van der Waals surface area contributed by atoms with Crippen molar-refractivity contribution in [1.82, 2.24) is 20.2 Å². The van der Waals surface area contributed by atoms with Gasteiger partial charge in [-0.05, 0) is 34.4 Å². The van der Waals surface area contributed by atoms with Crippen LogP contribution in [-0.2, 0) is 19.5 Å². The smallest absolute Gasteiger partial charge is 0.165 e. The Bertz CT molecular complexity index is 474. The summed E-state index contributed by atoms with van der Waals surface area (Å²) >= 11 is 0. The van der Waals surface area contributed by atoms with Gasteiger partial charge in [-0.3, -0.25) is 0 Å². The normalized spacial score (nSPS) is 10.8. The van der Waals surface area contributed by atoms with Gasteiger partial charge in [0.15, 0.2) is 5.82 Å². The Morgan fingerprint density at radius 2 is 1.89 bits per heavy atom. The fourth-order valence-electron chi connectivity index (χ4n) is 1.86. The number of aromatic nitrogens is 4. The molecule has 5 nitrogen and oxygen atoms in total. The molecule has 0 bridgehead atoms. The number of aryl methyl sites for hydroxylation is 1. The Hall–Kier alpha value is -1.75. The summed E-state index contributed by atoms with van der Waals surface area (Å²) in [6.07, 6.45) is 3.62. The average Bonchev–Trinajstić information content (AvgIpc) is 2.85. The Morgan fingerprint density at radius 1 is 1.17 bits per heavy atom. The molecule has 0 atom stereocenters. The van der Waals surface area contributed by atoms with Crippen LogP contribution in [0.4, 0.5) is 0 Å². The van der Waals surface area contributed by atoms with Gasteiger partial charge in [-0.15, -0.1) is 5.10 Å². The first-order valence-corrected chi connectivity index (χ1v) is 6.36. The zero-order valence-corrected chi connectivity index (χ0v) is 10.7. The summed E-state index contributed by atoms with van der Waals surface area (Å²) in [7, 11) is 0. The van der Waals surface area contributed by atoms with Gasteiger partial charge in [0.2, 0.25) is 0 Å². The van der Waals surface area contributed by atoms with Gasteiger partial charge >= 0.3 is 0 Å². The molecule has 0 spiro atoms. The van der Waals surface area contributed by atoms with Gasteiger partial charge in [0.1, 0.15) is 0 Å². The highest BCUT2D eigenvalue weighted by Crippen LogP contribution is 2.09. The lowest BCUT2D eigenvalue weighted by Crippen LogP contribution is -2.10. The zero-order chi connectivity index (χ0) is 12.8. The van der Waals surface area contributed by atoms with Crippen molar-refractivity contribution in [3.8, 4) is 0 Å². The van der Waals surface area contributed by atoms with Crippen LogP contribution >= 0.6 is 0 Å². The van der Waals surface area contributed by atoms with Gasteiger partial charge < -0.3 is 5.73 Å². The third-order valence-electron chi connectivity index (χ3n) is 2.96. The van der Waals surface area contributed by atoms with Crippen LogP contribution in [0.2, 0.25) is 0 Å². The van der Waals surface area contributed by atoms with Gasteiger partial charge in [-0.25, -0.2) is 4.68 Å². The first kappa shape index (κ1) is 12.7. The van der Waals surface area contributed by atoms with Crippen LogP contribution in [0, 0.1) is 0 Å². The molecule has 1 aromatic carbocycles. The standard InChI is InChI=1S/C13H19N5/c1-2-3-4-11-5-7-12(8-6-11)10-18-13(9-14)15-16-17-18/h5-8H,2-4,9-10,14H2,1H3. The maximum absolute atomic E-state index is 5.56. The molecular formula is C13H19N5. The van der Waals surface area contributed by atoms with E-state index in [1.54, 1.807) is 4.68 Å². The fraction of sp³-hybridized carbons (Fsp3) is 0.462. The van der Waals surface area contributed by atoms with Gasteiger partial charge in [-0.2, -0.15) is 0 Å². The molecule has 0 fully saturated rings. The van der Waals surface area contributed by atoms with Crippen molar-refractivity contribution < 1.29 is 0 Å². The summed E-state index contributed by atoms with van der Waals surface area (Å²) in [5, 5.41) is 11.4. The highest BCUT2D eigenvalue weighted by molar-refractivity contribution is 5.22. The monoisotopic (exact) mass is 245 g/mol. The molecule has 0 aliphatic rings. The van der Waals surface area contributed by atoms with Crippen molar-refractivity contribution in [2.75, 3.05) is 0 Å². The number of benzene rings is 1. The summed E-state index contributed by atoms with van der Waals surface area (Å²) in [6.45, 7) is 3.25. The SMILES string of the molecule is CCCCc1ccc(Cn2nnnc2CN)cc1. The van der Waals surface area contributed by atoms with E-state index in [9.17, 15) is 0 Å². The van der Waals surface area contributed by atoms with Gasteiger partial charge in [0, 0.05) is 0 Å². The lowest BCUT2D eigenvalue weighted by molar-refractivity contribution is 0.619. The summed E-state index contributed by atoms with van der Waals surface area (Å²) in [5.41, 5.74) is 8.14. The predicted molar refractivity (Wildman–Crippen MR) is 69.9 cm³/mol. The molecule has 2 aromatic rings. The molecule has 1 aromatic heterocycles. The Morgan fingerprint density at radius 3 is 2.56 bits per heavy atom. The predicted octanol–water partition coefficient (Wildman–Crippen LogP) is 1.52. The van der Waals surface area contributed by atoms with Crippen LogP contribution in [0.1, 0.15) is 36.7 Å². The molecule has 0 amide bonds. The molecule has 0 aliphatic heterocycles. The van der Waals surface area contributed by atoms with Crippen LogP contribution in [0.25, 0.3) is 0 Å². The van der Waals surface area contributed by atoms with E-state index in [0.29, 0.717) is 18.9 Å². The quantitative estimate of drug-likeness (QED) is 0.837. The maximum atomic E-state index is 5.56. The topological polar surface area (TPSA) is 69.6 Å². The average molecular weight is 245 g/mol. The number of unbranched alkanes of at least 4 members (excludes halogenated alkanes) is 1. The van der Waals surface area contributed by atoms with Crippen molar-refractivity contribution in [3.05, 3.63) is 41.2 Å². The fourth-order valence-corrected chi connectivity index (χ4v) is 1.86. The molecule has 2 rings (SSSR count). The highest BCUT2D eigenvalue weighted by Gasteiger charge is 2.04. The number of hydrogen-bond acceptors (Lipinski definition) is 4. The third kappa shape index (κ3) is 3.13. The van der Waals surface area contributed by atoms with Crippen molar-refractivity contribution in [3.63, 3.8) is 0 Å². The molecule has 0 aliphatic carbocycles. The van der Waals surface area contributed by atoms with Crippen LogP contribution in [0.5, 0.6) is 0 Å². The lowest BCUT2D eigenvalue weighted by Gasteiger charge is -2.05. The van der Waals surface area contributed by atoms with E-state index in [0.717, 1.165) is 6.42 Å². The van der Waals surface area contributed by atoms with E-state index in [2.05, 4.69) is 46.7 Å². The molecule has 96 valence electrons. The van der Waals surface area contributed by atoms with E-state index < -0.39 is 0 Å². The summed E-state index contributed by atoms with van der Waals surface area (Å²) in [4.78, 5) is 0. The van der Waals surface area contributed by atoms with Crippen molar-refractivity contribution in [1.29, 1.82) is 0 Å². The molecule has 5 heteroatoms. The molecule has 1 heterocycles. The van der Waals surface area contributed by atoms with Crippen LogP contribution in [-0.4, -0.2) is 20.2 Å². The van der Waals surface area contributed by atoms with E-state index in [-0.39, 0.29) is 0 Å². The Kier molecular flexibility index (Phi) is 4.41. The minimum atomic E-state index is 0.363. The lowest BCUT2D eigenvalue weighted by atomic mass is 10.1. The summed E-state index contributed by atoms with van der Waals surface area (Å²) in [5.74, 6) is 0.713. The van der Waals surface area contributed by atoms with Crippen LogP contribution in [0.3, 0.4) is 0 Å². The van der Waals surface area contributed by atoms with Crippen LogP contribution in [0.15, 0.2) is 24.3 Å². The molecule has 0 saturated heterocycles.